The van der Waals surface area contributed by atoms with Gasteiger partial charge >= 0.3 is 0 Å². The Balaban J connectivity index is 2.96. The number of halogens is 1. The molecule has 0 aromatic carbocycles. The first-order valence-corrected chi connectivity index (χ1v) is 3.41. The molecule has 0 spiro atoms. The SMILES string of the molecule is N/C(=C\c1ncccc1F)CO. The first kappa shape index (κ1) is 8.67. The van der Waals surface area contributed by atoms with Crippen LogP contribution in [0.5, 0.6) is 0 Å². The van der Waals surface area contributed by atoms with E-state index >= 15 is 0 Å². The third-order valence-corrected chi connectivity index (χ3v) is 1.29. The summed E-state index contributed by atoms with van der Waals surface area (Å²) in [4.78, 5) is 3.72. The minimum absolute atomic E-state index is 0.143. The molecule has 12 heavy (non-hydrogen) atoms. The Kier molecular flexibility index (Phi) is 2.76. The van der Waals surface area contributed by atoms with E-state index < -0.39 is 5.82 Å². The topological polar surface area (TPSA) is 59.1 Å². The van der Waals surface area contributed by atoms with Gasteiger partial charge in [0.25, 0.3) is 0 Å². The van der Waals surface area contributed by atoms with E-state index in [1.807, 2.05) is 0 Å². The lowest BCUT2D eigenvalue weighted by atomic mass is 10.3. The number of aromatic nitrogens is 1. The number of rotatable bonds is 2. The molecule has 0 aliphatic heterocycles. The Morgan fingerprint density at radius 2 is 2.50 bits per heavy atom. The maximum absolute atomic E-state index is 12.8. The molecule has 1 aromatic rings. The van der Waals surface area contributed by atoms with Crippen molar-refractivity contribution in [3.8, 4) is 0 Å². The number of aliphatic hydroxyl groups is 1. The van der Waals surface area contributed by atoms with Crippen LogP contribution >= 0.6 is 0 Å². The van der Waals surface area contributed by atoms with Gasteiger partial charge in [0.15, 0.2) is 0 Å². The highest BCUT2D eigenvalue weighted by Crippen LogP contribution is 2.05. The first-order chi connectivity index (χ1) is 5.74. The van der Waals surface area contributed by atoms with E-state index in [0.29, 0.717) is 0 Å². The summed E-state index contributed by atoms with van der Waals surface area (Å²) in [5.74, 6) is -0.450. The summed E-state index contributed by atoms with van der Waals surface area (Å²) in [7, 11) is 0. The summed E-state index contributed by atoms with van der Waals surface area (Å²) >= 11 is 0. The third kappa shape index (κ3) is 2.03. The van der Waals surface area contributed by atoms with Gasteiger partial charge < -0.3 is 10.8 Å². The van der Waals surface area contributed by atoms with E-state index in [1.54, 1.807) is 0 Å². The Morgan fingerprint density at radius 3 is 3.08 bits per heavy atom. The zero-order valence-corrected chi connectivity index (χ0v) is 6.37. The average Bonchev–Trinajstić information content (AvgIpc) is 2.09. The summed E-state index contributed by atoms with van der Waals surface area (Å²) in [5.41, 5.74) is 5.61. The third-order valence-electron chi connectivity index (χ3n) is 1.29. The average molecular weight is 168 g/mol. The van der Waals surface area contributed by atoms with E-state index in [4.69, 9.17) is 10.8 Å². The molecule has 4 heteroatoms. The molecule has 1 aromatic heterocycles. The van der Waals surface area contributed by atoms with Gasteiger partial charge in [-0.1, -0.05) is 0 Å². The number of nitrogens with two attached hydrogens (primary N) is 1. The fraction of sp³-hybridized carbons (Fsp3) is 0.125. The number of nitrogens with zero attached hydrogens (tertiary/aromatic N) is 1. The van der Waals surface area contributed by atoms with Crippen LogP contribution in [-0.4, -0.2) is 16.7 Å². The van der Waals surface area contributed by atoms with Gasteiger partial charge in [-0.15, -0.1) is 0 Å². The molecule has 1 rings (SSSR count). The van der Waals surface area contributed by atoms with Crippen molar-refractivity contribution in [2.24, 2.45) is 5.73 Å². The van der Waals surface area contributed by atoms with Crippen LogP contribution in [0.4, 0.5) is 4.39 Å². The molecule has 0 fully saturated rings. The molecule has 0 saturated heterocycles. The Hall–Kier alpha value is -1.42. The van der Waals surface area contributed by atoms with E-state index in [1.165, 1.54) is 24.4 Å². The smallest absolute Gasteiger partial charge is 0.148 e. The minimum Gasteiger partial charge on any atom is -0.400 e. The van der Waals surface area contributed by atoms with Crippen molar-refractivity contribution in [1.29, 1.82) is 0 Å². The molecule has 0 saturated carbocycles. The molecule has 0 amide bonds. The van der Waals surface area contributed by atoms with Gasteiger partial charge in [0.05, 0.1) is 6.61 Å². The standard InChI is InChI=1S/C8H9FN2O/c9-7-2-1-3-11-8(7)4-6(10)5-12/h1-4,12H,5,10H2/b6-4-. The molecular formula is C8H9FN2O. The highest BCUT2D eigenvalue weighted by Gasteiger charge is 1.98. The van der Waals surface area contributed by atoms with Crippen LogP contribution in [0.15, 0.2) is 24.0 Å². The van der Waals surface area contributed by atoms with Crippen LogP contribution in [0.25, 0.3) is 6.08 Å². The van der Waals surface area contributed by atoms with E-state index in [-0.39, 0.29) is 18.0 Å². The summed E-state index contributed by atoms with van der Waals surface area (Å²) in [6.45, 7) is -0.296. The Labute approximate surface area is 69.4 Å². The molecule has 1 heterocycles. The highest BCUT2D eigenvalue weighted by atomic mass is 19.1. The molecule has 0 aliphatic rings. The molecule has 0 bridgehead atoms. The van der Waals surface area contributed by atoms with Crippen molar-refractivity contribution in [2.45, 2.75) is 0 Å². The Bertz CT molecular complexity index is 299. The van der Waals surface area contributed by atoms with E-state index in [0.717, 1.165) is 0 Å². The molecule has 0 radical (unpaired) electrons. The van der Waals surface area contributed by atoms with E-state index in [2.05, 4.69) is 4.98 Å². The largest absolute Gasteiger partial charge is 0.400 e. The monoisotopic (exact) mass is 168 g/mol. The van der Waals surface area contributed by atoms with E-state index in [9.17, 15) is 4.39 Å². The van der Waals surface area contributed by atoms with Crippen LogP contribution in [-0.2, 0) is 0 Å². The maximum atomic E-state index is 12.8. The summed E-state index contributed by atoms with van der Waals surface area (Å²) in [5, 5.41) is 8.54. The predicted octanol–water partition coefficient (Wildman–Crippen LogP) is 0.513. The normalized spacial score (nSPS) is 11.7. The lowest BCUT2D eigenvalue weighted by Crippen LogP contribution is -2.02. The van der Waals surface area contributed by atoms with Crippen molar-refractivity contribution >= 4 is 6.08 Å². The second kappa shape index (κ2) is 3.82. The molecule has 3 N–H and O–H groups in total. The zero-order chi connectivity index (χ0) is 8.97. The first-order valence-electron chi connectivity index (χ1n) is 3.41. The fourth-order valence-corrected chi connectivity index (χ4v) is 0.725. The summed E-state index contributed by atoms with van der Waals surface area (Å²) in [6.07, 6.45) is 2.76. The second-order valence-corrected chi connectivity index (χ2v) is 2.25. The van der Waals surface area contributed by atoms with Crippen molar-refractivity contribution in [1.82, 2.24) is 4.98 Å². The summed E-state index contributed by atoms with van der Waals surface area (Å²) in [6, 6.07) is 2.77. The number of hydrogen-bond acceptors (Lipinski definition) is 3. The molecule has 0 atom stereocenters. The quantitative estimate of drug-likeness (QED) is 0.676. The van der Waals surface area contributed by atoms with Gasteiger partial charge in [0.2, 0.25) is 0 Å². The molecular weight excluding hydrogens is 159 g/mol. The van der Waals surface area contributed by atoms with Crippen molar-refractivity contribution in [3.05, 3.63) is 35.5 Å². The maximum Gasteiger partial charge on any atom is 0.148 e. The molecule has 64 valence electrons. The molecule has 0 unspecified atom stereocenters. The van der Waals surface area contributed by atoms with Crippen molar-refractivity contribution in [2.75, 3.05) is 6.61 Å². The minimum atomic E-state index is -0.450. The number of aliphatic hydroxyl groups excluding tert-OH is 1. The summed E-state index contributed by atoms with van der Waals surface area (Å²) < 4.78 is 12.8. The van der Waals surface area contributed by atoms with Gasteiger partial charge in [-0.2, -0.15) is 0 Å². The van der Waals surface area contributed by atoms with Gasteiger partial charge in [0, 0.05) is 11.9 Å². The van der Waals surface area contributed by atoms with Crippen LogP contribution < -0.4 is 5.73 Å². The zero-order valence-electron chi connectivity index (χ0n) is 6.37. The van der Waals surface area contributed by atoms with Crippen molar-refractivity contribution < 1.29 is 9.50 Å². The molecule has 3 nitrogen and oxygen atoms in total. The van der Waals surface area contributed by atoms with Gasteiger partial charge in [-0.3, -0.25) is 4.98 Å². The lowest BCUT2D eigenvalue weighted by molar-refractivity contribution is 0.331. The highest BCUT2D eigenvalue weighted by molar-refractivity contribution is 5.48. The fourth-order valence-electron chi connectivity index (χ4n) is 0.725. The van der Waals surface area contributed by atoms with Crippen LogP contribution in [0.1, 0.15) is 5.69 Å². The van der Waals surface area contributed by atoms with Crippen LogP contribution in [0.2, 0.25) is 0 Å². The van der Waals surface area contributed by atoms with Gasteiger partial charge in [0.1, 0.15) is 11.5 Å². The lowest BCUT2D eigenvalue weighted by Gasteiger charge is -1.96. The van der Waals surface area contributed by atoms with Crippen molar-refractivity contribution in [3.63, 3.8) is 0 Å². The molecule has 0 aliphatic carbocycles. The second-order valence-electron chi connectivity index (χ2n) is 2.25. The van der Waals surface area contributed by atoms with Crippen LogP contribution in [0, 0.1) is 5.82 Å². The van der Waals surface area contributed by atoms with Gasteiger partial charge in [-0.25, -0.2) is 4.39 Å². The Morgan fingerprint density at radius 1 is 1.75 bits per heavy atom. The predicted molar refractivity (Wildman–Crippen MR) is 43.4 cm³/mol. The van der Waals surface area contributed by atoms with Crippen LogP contribution in [0.3, 0.4) is 0 Å². The number of hydrogen-bond donors (Lipinski definition) is 2. The number of pyridine rings is 1. The van der Waals surface area contributed by atoms with Gasteiger partial charge in [-0.05, 0) is 18.2 Å².